The number of carbonyl (C=O) groups is 1. The first-order valence-electron chi connectivity index (χ1n) is 9.57. The van der Waals surface area contributed by atoms with Crippen LogP contribution in [-0.2, 0) is 0 Å². The van der Waals surface area contributed by atoms with E-state index in [1.54, 1.807) is 7.11 Å². The van der Waals surface area contributed by atoms with Crippen molar-refractivity contribution in [3.8, 4) is 17.3 Å². The lowest BCUT2D eigenvalue weighted by molar-refractivity contribution is 0.0908. The summed E-state index contributed by atoms with van der Waals surface area (Å²) in [4.78, 5) is 18.9. The number of furan rings is 1. The Bertz CT molecular complexity index is 972. The second-order valence-corrected chi connectivity index (χ2v) is 7.00. The van der Waals surface area contributed by atoms with Crippen molar-refractivity contribution in [3.63, 3.8) is 0 Å². The number of aryl methyl sites for hydroxylation is 1. The fourth-order valence-electron chi connectivity index (χ4n) is 3.53. The number of ether oxygens (including phenoxy) is 1. The number of benzene rings is 1. The summed E-state index contributed by atoms with van der Waals surface area (Å²) >= 11 is 0. The Kier molecular flexibility index (Phi) is 5.29. The fourth-order valence-corrected chi connectivity index (χ4v) is 3.53. The first kappa shape index (κ1) is 18.5. The number of nitrogens with one attached hydrogen (secondary N) is 1. The molecule has 1 saturated heterocycles. The number of fused-ring (bicyclic) bond motifs is 1. The van der Waals surface area contributed by atoms with Gasteiger partial charge in [0.2, 0.25) is 5.82 Å². The van der Waals surface area contributed by atoms with Gasteiger partial charge < -0.3 is 23.9 Å². The Balaban J connectivity index is 1.41. The third-order valence-electron chi connectivity index (χ3n) is 5.10. The minimum Gasteiger partial charge on any atom is -0.497 e. The van der Waals surface area contributed by atoms with Gasteiger partial charge in [0.25, 0.3) is 0 Å². The van der Waals surface area contributed by atoms with Crippen LogP contribution in [0.3, 0.4) is 0 Å². The summed E-state index contributed by atoms with van der Waals surface area (Å²) in [6.45, 7) is 5.80. The van der Waals surface area contributed by atoms with E-state index in [1.807, 2.05) is 25.1 Å². The molecule has 0 radical (unpaired) electrons. The minimum absolute atomic E-state index is 0.0615. The normalized spacial score (nSPS) is 14.6. The molecule has 0 spiro atoms. The van der Waals surface area contributed by atoms with Crippen molar-refractivity contribution in [2.45, 2.75) is 26.2 Å². The van der Waals surface area contributed by atoms with Gasteiger partial charge in [-0.15, -0.1) is 0 Å². The van der Waals surface area contributed by atoms with Crippen LogP contribution in [-0.4, -0.2) is 54.2 Å². The molecule has 1 aliphatic heterocycles. The van der Waals surface area contributed by atoms with Crippen LogP contribution in [0.1, 0.15) is 35.5 Å². The zero-order valence-electron chi connectivity index (χ0n) is 16.2. The highest BCUT2D eigenvalue weighted by molar-refractivity contribution is 5.91. The van der Waals surface area contributed by atoms with Crippen LogP contribution in [0.5, 0.6) is 5.75 Å². The van der Waals surface area contributed by atoms with Crippen molar-refractivity contribution in [2.75, 3.05) is 33.3 Å². The molecule has 1 amide bonds. The third-order valence-corrected chi connectivity index (χ3v) is 5.10. The zero-order valence-corrected chi connectivity index (χ0v) is 16.2. The monoisotopic (exact) mass is 384 g/mol. The number of methoxy groups -OCH3 is 1. The first-order valence-corrected chi connectivity index (χ1v) is 9.57. The summed E-state index contributed by atoms with van der Waals surface area (Å²) in [5, 5.41) is 7.66. The molecule has 0 unspecified atom stereocenters. The summed E-state index contributed by atoms with van der Waals surface area (Å²) in [5.41, 5.74) is 1.57. The number of rotatable bonds is 7. The van der Waals surface area contributed by atoms with Gasteiger partial charge in [0.05, 0.1) is 7.11 Å². The summed E-state index contributed by atoms with van der Waals surface area (Å²) in [7, 11) is 1.62. The fraction of sp³-hybridized carbons (Fsp3) is 0.450. The quantitative estimate of drug-likeness (QED) is 0.626. The Labute approximate surface area is 162 Å². The van der Waals surface area contributed by atoms with Gasteiger partial charge in [-0.05, 0) is 64.0 Å². The molecule has 1 N–H and O–H groups in total. The maximum absolute atomic E-state index is 12.3. The molecule has 0 saturated carbocycles. The van der Waals surface area contributed by atoms with Crippen LogP contribution in [0.2, 0.25) is 0 Å². The minimum atomic E-state index is -0.365. The van der Waals surface area contributed by atoms with E-state index < -0.39 is 0 Å². The van der Waals surface area contributed by atoms with Gasteiger partial charge in [-0.1, -0.05) is 5.16 Å². The van der Waals surface area contributed by atoms with E-state index in [1.165, 1.54) is 12.8 Å². The van der Waals surface area contributed by atoms with Crippen LogP contribution in [0.15, 0.2) is 27.1 Å². The van der Waals surface area contributed by atoms with E-state index in [0.717, 1.165) is 42.8 Å². The van der Waals surface area contributed by atoms with Crippen molar-refractivity contribution in [3.05, 3.63) is 29.7 Å². The largest absolute Gasteiger partial charge is 0.497 e. The van der Waals surface area contributed by atoms with Gasteiger partial charge in [-0.3, -0.25) is 4.79 Å². The van der Waals surface area contributed by atoms with Crippen LogP contribution in [0, 0.1) is 6.92 Å². The number of hydrogen-bond donors (Lipinski definition) is 1. The lowest BCUT2D eigenvalue weighted by atomic mass is 10.1. The second-order valence-electron chi connectivity index (χ2n) is 7.00. The molecule has 1 aliphatic rings. The topological polar surface area (TPSA) is 93.6 Å². The molecule has 2 aromatic heterocycles. The number of likely N-dealkylation sites (tertiary alicyclic amines) is 1. The molecule has 0 atom stereocenters. The van der Waals surface area contributed by atoms with E-state index in [9.17, 15) is 4.79 Å². The summed E-state index contributed by atoms with van der Waals surface area (Å²) in [6, 6.07) is 5.55. The molecule has 3 aromatic rings. The molecule has 1 fully saturated rings. The van der Waals surface area contributed by atoms with Crippen LogP contribution < -0.4 is 10.1 Å². The smallest absolute Gasteiger partial charge is 0.316 e. The maximum atomic E-state index is 12.3. The molecule has 8 nitrogen and oxygen atoms in total. The average Bonchev–Trinajstić information content (AvgIpc) is 3.45. The van der Waals surface area contributed by atoms with E-state index in [2.05, 4.69) is 20.4 Å². The van der Waals surface area contributed by atoms with E-state index in [4.69, 9.17) is 13.7 Å². The van der Waals surface area contributed by atoms with Gasteiger partial charge in [-0.2, -0.15) is 4.98 Å². The molecular formula is C20H24N4O4. The number of amides is 1. The molecule has 3 heterocycles. The molecule has 148 valence electrons. The second kappa shape index (κ2) is 8.02. The number of carbonyl (C=O) groups excluding carboxylic acids is 1. The van der Waals surface area contributed by atoms with Crippen molar-refractivity contribution in [1.82, 2.24) is 20.4 Å². The summed E-state index contributed by atoms with van der Waals surface area (Å²) in [5.74, 6) is 1.06. The highest BCUT2D eigenvalue weighted by Gasteiger charge is 2.21. The van der Waals surface area contributed by atoms with Crippen LogP contribution >= 0.6 is 0 Å². The van der Waals surface area contributed by atoms with Gasteiger partial charge in [-0.25, -0.2) is 0 Å². The van der Waals surface area contributed by atoms with Crippen LogP contribution in [0.25, 0.3) is 22.6 Å². The van der Waals surface area contributed by atoms with Gasteiger partial charge >= 0.3 is 11.8 Å². The molecule has 4 rings (SSSR count). The number of aromatic nitrogens is 2. The Morgan fingerprint density at radius 2 is 2.14 bits per heavy atom. The molecule has 1 aromatic carbocycles. The Morgan fingerprint density at radius 3 is 2.93 bits per heavy atom. The average molecular weight is 384 g/mol. The third kappa shape index (κ3) is 3.73. The first-order chi connectivity index (χ1) is 13.7. The van der Waals surface area contributed by atoms with Crippen molar-refractivity contribution in [1.29, 1.82) is 0 Å². The Morgan fingerprint density at radius 1 is 1.32 bits per heavy atom. The number of hydrogen-bond acceptors (Lipinski definition) is 7. The highest BCUT2D eigenvalue weighted by Crippen LogP contribution is 2.33. The molecule has 8 heteroatoms. The van der Waals surface area contributed by atoms with E-state index >= 15 is 0 Å². The molecule has 0 aliphatic carbocycles. The molecular weight excluding hydrogens is 360 g/mol. The lowest BCUT2D eigenvalue weighted by Gasteiger charge is -2.13. The summed E-state index contributed by atoms with van der Waals surface area (Å²) < 4.78 is 16.3. The lowest BCUT2D eigenvalue weighted by Crippen LogP contribution is -2.28. The van der Waals surface area contributed by atoms with Crippen molar-refractivity contribution >= 4 is 16.9 Å². The van der Waals surface area contributed by atoms with Gasteiger partial charge in [0.15, 0.2) is 5.76 Å². The van der Waals surface area contributed by atoms with E-state index in [0.29, 0.717) is 17.9 Å². The van der Waals surface area contributed by atoms with Gasteiger partial charge in [0, 0.05) is 17.5 Å². The van der Waals surface area contributed by atoms with Crippen LogP contribution in [0.4, 0.5) is 0 Å². The SMILES string of the molecule is COc1ccc2oc(-c3noc(C(=O)NCCCN4CCCC4)n3)c(C)c2c1. The predicted molar refractivity (Wildman–Crippen MR) is 103 cm³/mol. The molecule has 0 bridgehead atoms. The predicted octanol–water partition coefficient (Wildman–Crippen LogP) is 3.02. The zero-order chi connectivity index (χ0) is 19.5. The van der Waals surface area contributed by atoms with Crippen molar-refractivity contribution in [2.24, 2.45) is 0 Å². The van der Waals surface area contributed by atoms with Crippen molar-refractivity contribution < 1.29 is 18.5 Å². The standard InChI is InChI=1S/C20H24N4O4/c1-13-15-12-14(26-2)6-7-16(15)27-17(13)18-22-20(28-23-18)19(25)21-8-5-11-24-9-3-4-10-24/h6-7,12H,3-5,8-11H2,1-2H3,(H,21,25). The van der Waals surface area contributed by atoms with Gasteiger partial charge in [0.1, 0.15) is 11.3 Å². The highest BCUT2D eigenvalue weighted by atomic mass is 16.5. The Hall–Kier alpha value is -2.87. The maximum Gasteiger partial charge on any atom is 0.316 e. The molecule has 28 heavy (non-hydrogen) atoms. The van der Waals surface area contributed by atoms with E-state index in [-0.39, 0.29) is 17.6 Å². The summed E-state index contributed by atoms with van der Waals surface area (Å²) in [6.07, 6.45) is 3.44. The number of nitrogens with zero attached hydrogens (tertiary/aromatic N) is 3.